The lowest BCUT2D eigenvalue weighted by Crippen LogP contribution is -2.40. The van der Waals surface area contributed by atoms with Crippen LogP contribution in [0.5, 0.6) is 0 Å². The van der Waals surface area contributed by atoms with E-state index in [4.69, 9.17) is 0 Å². The van der Waals surface area contributed by atoms with Crippen molar-refractivity contribution in [3.63, 3.8) is 0 Å². The van der Waals surface area contributed by atoms with Gasteiger partial charge in [-0.15, -0.1) is 24.0 Å². The Morgan fingerprint density at radius 1 is 1.42 bits per heavy atom. The summed E-state index contributed by atoms with van der Waals surface area (Å²) in [6, 6.07) is 5.39. The van der Waals surface area contributed by atoms with E-state index in [2.05, 4.69) is 20.9 Å². The Labute approximate surface area is 159 Å². The maximum atomic E-state index is 13.7. The largest absolute Gasteiger partial charge is 0.357 e. The van der Waals surface area contributed by atoms with Gasteiger partial charge in [0.05, 0.1) is 6.04 Å². The Bertz CT molecular complexity index is 590. The van der Waals surface area contributed by atoms with Crippen LogP contribution in [0, 0.1) is 12.7 Å². The molecule has 3 N–H and O–H groups in total. The molecule has 0 saturated heterocycles. The van der Waals surface area contributed by atoms with Gasteiger partial charge in [0.15, 0.2) is 5.96 Å². The molecule has 0 heterocycles. The topological polar surface area (TPSA) is 65.5 Å². The number of halogens is 2. The molecule has 2 rings (SSSR count). The van der Waals surface area contributed by atoms with Crippen molar-refractivity contribution in [2.75, 3.05) is 13.1 Å². The highest BCUT2D eigenvalue weighted by Crippen LogP contribution is 2.18. The molecule has 1 saturated carbocycles. The van der Waals surface area contributed by atoms with Crippen molar-refractivity contribution >= 4 is 35.8 Å². The van der Waals surface area contributed by atoms with Crippen molar-refractivity contribution in [2.24, 2.45) is 4.99 Å². The van der Waals surface area contributed by atoms with E-state index in [1.54, 1.807) is 13.0 Å². The summed E-state index contributed by atoms with van der Waals surface area (Å²) in [7, 11) is 0. The van der Waals surface area contributed by atoms with E-state index in [0.717, 1.165) is 18.4 Å². The number of hydrogen-bond donors (Lipinski definition) is 3. The van der Waals surface area contributed by atoms with Crippen LogP contribution in [0.1, 0.15) is 43.9 Å². The molecular formula is C17H26FIN4O. The van der Waals surface area contributed by atoms with Gasteiger partial charge in [-0.1, -0.05) is 12.1 Å². The Hall–Kier alpha value is -1.38. The number of amides is 1. The Morgan fingerprint density at radius 2 is 2.12 bits per heavy atom. The number of guanidine groups is 1. The van der Waals surface area contributed by atoms with Crippen molar-refractivity contribution < 1.29 is 9.18 Å². The van der Waals surface area contributed by atoms with E-state index < -0.39 is 0 Å². The second kappa shape index (κ2) is 9.80. The summed E-state index contributed by atoms with van der Waals surface area (Å²) in [6.45, 7) is 6.39. The summed E-state index contributed by atoms with van der Waals surface area (Å²) < 4.78 is 13.7. The summed E-state index contributed by atoms with van der Waals surface area (Å²) in [6.07, 6.45) is 2.12. The number of nitrogens with one attached hydrogen (secondary N) is 3. The molecule has 1 aromatic rings. The smallest absolute Gasteiger partial charge is 0.242 e. The molecule has 134 valence electrons. The average Bonchev–Trinajstić information content (AvgIpc) is 3.31. The lowest BCUT2D eigenvalue weighted by Gasteiger charge is -2.18. The third kappa shape index (κ3) is 6.62. The first kappa shape index (κ1) is 20.7. The zero-order valence-electron chi connectivity index (χ0n) is 14.4. The van der Waals surface area contributed by atoms with Crippen LogP contribution in [-0.4, -0.2) is 31.0 Å². The van der Waals surface area contributed by atoms with Crippen LogP contribution in [0.15, 0.2) is 23.2 Å². The lowest BCUT2D eigenvalue weighted by atomic mass is 10.1. The number of nitrogens with zero attached hydrogens (tertiary/aromatic N) is 1. The predicted molar refractivity (Wildman–Crippen MR) is 105 cm³/mol. The maximum Gasteiger partial charge on any atom is 0.242 e. The van der Waals surface area contributed by atoms with Crippen molar-refractivity contribution in [2.45, 2.75) is 45.7 Å². The first-order valence-corrected chi connectivity index (χ1v) is 8.10. The Morgan fingerprint density at radius 3 is 2.71 bits per heavy atom. The van der Waals surface area contributed by atoms with Gasteiger partial charge < -0.3 is 16.0 Å². The summed E-state index contributed by atoms with van der Waals surface area (Å²) >= 11 is 0. The van der Waals surface area contributed by atoms with E-state index in [9.17, 15) is 9.18 Å². The molecule has 0 bridgehead atoms. The van der Waals surface area contributed by atoms with Gasteiger partial charge >= 0.3 is 0 Å². The maximum absolute atomic E-state index is 13.7. The molecule has 5 nitrogen and oxygen atoms in total. The summed E-state index contributed by atoms with van der Waals surface area (Å²) in [4.78, 5) is 16.0. The van der Waals surface area contributed by atoms with E-state index in [1.807, 2.05) is 19.9 Å². The van der Waals surface area contributed by atoms with Gasteiger partial charge in [0.25, 0.3) is 0 Å². The number of benzene rings is 1. The first-order valence-electron chi connectivity index (χ1n) is 8.10. The number of rotatable bonds is 6. The monoisotopic (exact) mass is 448 g/mol. The second-order valence-corrected chi connectivity index (χ2v) is 5.91. The summed E-state index contributed by atoms with van der Waals surface area (Å²) in [5.74, 6) is 0.257. The number of carbonyl (C=O) groups excluding carboxylic acids is 1. The number of hydrogen-bond acceptors (Lipinski definition) is 2. The SMILES string of the molecule is CCNC(=NCC(=O)NC1CC1)NC(C)c1ccc(C)c(F)c1.I. The van der Waals surface area contributed by atoms with Crippen molar-refractivity contribution in [3.05, 3.63) is 35.1 Å². The highest BCUT2D eigenvalue weighted by molar-refractivity contribution is 14.0. The van der Waals surface area contributed by atoms with Gasteiger partial charge in [-0.3, -0.25) is 4.79 Å². The highest BCUT2D eigenvalue weighted by atomic mass is 127. The van der Waals surface area contributed by atoms with Gasteiger partial charge in [-0.05, 0) is 50.8 Å². The Kier molecular flexibility index (Phi) is 8.44. The second-order valence-electron chi connectivity index (χ2n) is 5.91. The fraction of sp³-hybridized carbons (Fsp3) is 0.529. The minimum Gasteiger partial charge on any atom is -0.357 e. The molecule has 24 heavy (non-hydrogen) atoms. The predicted octanol–water partition coefficient (Wildman–Crippen LogP) is 2.65. The average molecular weight is 448 g/mol. The van der Waals surface area contributed by atoms with Crippen LogP contribution >= 0.6 is 24.0 Å². The molecule has 1 amide bonds. The first-order chi connectivity index (χ1) is 11.0. The standard InChI is InChI=1S/C17H25FN4O.HI/c1-4-19-17(20-10-16(23)22-14-7-8-14)21-12(3)13-6-5-11(2)15(18)9-13;/h5-6,9,12,14H,4,7-8,10H2,1-3H3,(H,22,23)(H2,19,20,21);1H. The van der Waals surface area contributed by atoms with E-state index in [1.165, 1.54) is 6.07 Å². The van der Waals surface area contributed by atoms with Crippen LogP contribution < -0.4 is 16.0 Å². The molecular weight excluding hydrogens is 422 g/mol. The molecule has 1 atom stereocenters. The third-order valence-corrected chi connectivity index (χ3v) is 3.72. The van der Waals surface area contributed by atoms with E-state index >= 15 is 0 Å². The number of aliphatic imine (C=N–C) groups is 1. The van der Waals surface area contributed by atoms with Gasteiger partial charge in [-0.25, -0.2) is 9.38 Å². The van der Waals surface area contributed by atoms with Crippen LogP contribution in [0.2, 0.25) is 0 Å². The molecule has 0 aliphatic heterocycles. The van der Waals surface area contributed by atoms with Crippen LogP contribution in [0.25, 0.3) is 0 Å². The molecule has 7 heteroatoms. The van der Waals surface area contributed by atoms with Gasteiger partial charge in [0.2, 0.25) is 5.91 Å². The van der Waals surface area contributed by atoms with Gasteiger partial charge in [0.1, 0.15) is 12.4 Å². The zero-order chi connectivity index (χ0) is 16.8. The molecule has 0 spiro atoms. The minimum absolute atomic E-state index is 0. The van der Waals surface area contributed by atoms with Crippen molar-refractivity contribution in [1.82, 2.24) is 16.0 Å². The zero-order valence-corrected chi connectivity index (χ0v) is 16.7. The molecule has 0 radical (unpaired) electrons. The van der Waals surface area contributed by atoms with E-state index in [-0.39, 0.29) is 48.3 Å². The third-order valence-electron chi connectivity index (χ3n) is 3.72. The molecule has 1 aromatic carbocycles. The molecule has 1 unspecified atom stereocenters. The molecule has 1 aliphatic rings. The Balaban J connectivity index is 0.00000288. The molecule has 1 fully saturated rings. The fourth-order valence-electron chi connectivity index (χ4n) is 2.14. The van der Waals surface area contributed by atoms with Crippen LogP contribution in [0.3, 0.4) is 0 Å². The summed E-state index contributed by atoms with van der Waals surface area (Å²) in [5.41, 5.74) is 1.46. The lowest BCUT2D eigenvalue weighted by molar-refractivity contribution is -0.119. The summed E-state index contributed by atoms with van der Waals surface area (Å²) in [5, 5.41) is 9.19. The number of aryl methyl sites for hydroxylation is 1. The molecule has 0 aromatic heterocycles. The van der Waals surface area contributed by atoms with E-state index in [0.29, 0.717) is 24.1 Å². The normalized spacial score (nSPS) is 15.2. The van der Waals surface area contributed by atoms with Crippen molar-refractivity contribution in [3.8, 4) is 0 Å². The fourth-order valence-corrected chi connectivity index (χ4v) is 2.14. The van der Waals surface area contributed by atoms with Gasteiger partial charge in [-0.2, -0.15) is 0 Å². The van der Waals surface area contributed by atoms with Crippen molar-refractivity contribution in [1.29, 1.82) is 0 Å². The quantitative estimate of drug-likeness (QED) is 0.356. The van der Waals surface area contributed by atoms with Crippen LogP contribution in [0.4, 0.5) is 4.39 Å². The number of carbonyl (C=O) groups is 1. The van der Waals surface area contributed by atoms with Gasteiger partial charge in [0, 0.05) is 12.6 Å². The molecule has 1 aliphatic carbocycles. The highest BCUT2D eigenvalue weighted by Gasteiger charge is 2.22. The van der Waals surface area contributed by atoms with Crippen LogP contribution in [-0.2, 0) is 4.79 Å². The minimum atomic E-state index is -0.220.